The quantitative estimate of drug-likeness (QED) is 0.821. The standard InChI is InChI=1S/C13H18BrNO2/c1-9(15-13(2,3)8-16)12(17)10-4-6-11(14)7-5-10/h4-7,9,15-16H,8H2,1-3H3. The molecule has 2 N–H and O–H groups in total. The molecule has 1 atom stereocenters. The summed E-state index contributed by atoms with van der Waals surface area (Å²) < 4.78 is 0.949. The number of halogens is 1. The van der Waals surface area contributed by atoms with Crippen LogP contribution in [0.1, 0.15) is 31.1 Å². The average Bonchev–Trinajstić information content (AvgIpc) is 2.28. The van der Waals surface area contributed by atoms with E-state index in [2.05, 4.69) is 21.2 Å². The molecule has 1 unspecified atom stereocenters. The first-order valence-electron chi connectivity index (χ1n) is 5.54. The van der Waals surface area contributed by atoms with Gasteiger partial charge in [0.15, 0.2) is 5.78 Å². The lowest BCUT2D eigenvalue weighted by atomic mass is 10.0. The number of rotatable bonds is 5. The second-order valence-electron chi connectivity index (χ2n) is 4.78. The zero-order valence-electron chi connectivity index (χ0n) is 10.3. The maximum Gasteiger partial charge on any atom is 0.179 e. The van der Waals surface area contributed by atoms with Gasteiger partial charge in [0.05, 0.1) is 12.6 Å². The van der Waals surface area contributed by atoms with Crippen molar-refractivity contribution in [2.24, 2.45) is 0 Å². The molecule has 17 heavy (non-hydrogen) atoms. The van der Waals surface area contributed by atoms with Gasteiger partial charge in [0, 0.05) is 15.6 Å². The first kappa shape index (κ1) is 14.4. The highest BCUT2D eigenvalue weighted by atomic mass is 79.9. The Morgan fingerprint density at radius 1 is 1.41 bits per heavy atom. The fraction of sp³-hybridized carbons (Fsp3) is 0.462. The molecule has 0 radical (unpaired) electrons. The van der Waals surface area contributed by atoms with Gasteiger partial charge in [-0.25, -0.2) is 0 Å². The number of nitrogens with one attached hydrogen (secondary N) is 1. The van der Waals surface area contributed by atoms with Crippen LogP contribution in [0.15, 0.2) is 28.7 Å². The summed E-state index contributed by atoms with van der Waals surface area (Å²) in [5.74, 6) is 0.0269. The number of Topliss-reactive ketones (excluding diaryl/α,β-unsaturated/α-hetero) is 1. The lowest BCUT2D eigenvalue weighted by Gasteiger charge is -2.27. The van der Waals surface area contributed by atoms with Crippen molar-refractivity contribution in [1.82, 2.24) is 5.32 Å². The monoisotopic (exact) mass is 299 g/mol. The van der Waals surface area contributed by atoms with Gasteiger partial charge in [-0.1, -0.05) is 28.1 Å². The Morgan fingerprint density at radius 3 is 2.41 bits per heavy atom. The molecule has 1 aromatic rings. The van der Waals surface area contributed by atoms with Crippen molar-refractivity contribution in [3.05, 3.63) is 34.3 Å². The van der Waals surface area contributed by atoms with Gasteiger partial charge < -0.3 is 10.4 Å². The van der Waals surface area contributed by atoms with Crippen LogP contribution in [0.5, 0.6) is 0 Å². The van der Waals surface area contributed by atoms with Crippen molar-refractivity contribution in [2.75, 3.05) is 6.61 Å². The minimum Gasteiger partial charge on any atom is -0.394 e. The van der Waals surface area contributed by atoms with Crippen molar-refractivity contribution < 1.29 is 9.90 Å². The zero-order chi connectivity index (χ0) is 13.1. The molecule has 0 saturated carbocycles. The van der Waals surface area contributed by atoms with Gasteiger partial charge in [0.25, 0.3) is 0 Å². The molecule has 0 spiro atoms. The topological polar surface area (TPSA) is 49.3 Å². The smallest absolute Gasteiger partial charge is 0.179 e. The van der Waals surface area contributed by atoms with Crippen LogP contribution in [0.3, 0.4) is 0 Å². The molecule has 1 rings (SSSR count). The van der Waals surface area contributed by atoms with E-state index in [0.29, 0.717) is 5.56 Å². The van der Waals surface area contributed by atoms with Crippen molar-refractivity contribution in [2.45, 2.75) is 32.4 Å². The van der Waals surface area contributed by atoms with Crippen LogP contribution in [0.2, 0.25) is 0 Å². The Kier molecular flexibility index (Phi) is 4.86. The number of carbonyl (C=O) groups is 1. The van der Waals surface area contributed by atoms with Gasteiger partial charge in [-0.15, -0.1) is 0 Å². The highest BCUT2D eigenvalue weighted by Crippen LogP contribution is 2.13. The van der Waals surface area contributed by atoms with E-state index in [9.17, 15) is 4.79 Å². The minimum atomic E-state index is -0.454. The summed E-state index contributed by atoms with van der Waals surface area (Å²) in [7, 11) is 0. The normalized spacial score (nSPS) is 13.5. The Hall–Kier alpha value is -0.710. The highest BCUT2D eigenvalue weighted by molar-refractivity contribution is 9.10. The zero-order valence-corrected chi connectivity index (χ0v) is 11.9. The molecule has 1 aromatic carbocycles. The summed E-state index contributed by atoms with van der Waals surface area (Å²) in [6, 6.07) is 6.94. The molecule has 0 heterocycles. The predicted molar refractivity (Wildman–Crippen MR) is 72.2 cm³/mol. The van der Waals surface area contributed by atoms with E-state index >= 15 is 0 Å². The van der Waals surface area contributed by atoms with E-state index in [1.54, 1.807) is 12.1 Å². The van der Waals surface area contributed by atoms with E-state index < -0.39 is 5.54 Å². The van der Waals surface area contributed by atoms with Crippen LogP contribution in [-0.2, 0) is 0 Å². The van der Waals surface area contributed by atoms with Crippen molar-refractivity contribution >= 4 is 21.7 Å². The van der Waals surface area contributed by atoms with Crippen LogP contribution in [0.4, 0.5) is 0 Å². The summed E-state index contributed by atoms with van der Waals surface area (Å²) in [5.41, 5.74) is 0.215. The third-order valence-corrected chi connectivity index (χ3v) is 3.05. The van der Waals surface area contributed by atoms with Gasteiger partial charge >= 0.3 is 0 Å². The fourth-order valence-corrected chi connectivity index (χ4v) is 1.83. The number of aliphatic hydroxyl groups excluding tert-OH is 1. The van der Waals surface area contributed by atoms with E-state index in [-0.39, 0.29) is 18.4 Å². The largest absolute Gasteiger partial charge is 0.394 e. The number of aliphatic hydroxyl groups is 1. The predicted octanol–water partition coefficient (Wildman–Crippen LogP) is 2.38. The highest BCUT2D eigenvalue weighted by Gasteiger charge is 2.23. The Balaban J connectivity index is 2.73. The molecule has 0 aromatic heterocycles. The molecule has 0 bridgehead atoms. The second-order valence-corrected chi connectivity index (χ2v) is 5.69. The molecule has 3 nitrogen and oxygen atoms in total. The minimum absolute atomic E-state index is 0.00897. The summed E-state index contributed by atoms with van der Waals surface area (Å²) in [6.07, 6.45) is 0. The molecule has 94 valence electrons. The molecule has 0 fully saturated rings. The molecule has 0 aliphatic heterocycles. The van der Waals surface area contributed by atoms with Crippen LogP contribution in [0.25, 0.3) is 0 Å². The molecule has 0 saturated heterocycles. The van der Waals surface area contributed by atoms with Gasteiger partial charge in [-0.05, 0) is 32.9 Å². The molecule has 0 aliphatic rings. The molecule has 0 amide bonds. The number of benzene rings is 1. The van der Waals surface area contributed by atoms with Gasteiger partial charge in [-0.2, -0.15) is 0 Å². The molecular formula is C13H18BrNO2. The van der Waals surface area contributed by atoms with E-state index in [1.807, 2.05) is 32.9 Å². The maximum atomic E-state index is 12.1. The number of carbonyl (C=O) groups excluding carboxylic acids is 1. The van der Waals surface area contributed by atoms with Gasteiger partial charge in [0.2, 0.25) is 0 Å². The third-order valence-electron chi connectivity index (χ3n) is 2.52. The van der Waals surface area contributed by atoms with Crippen LogP contribution >= 0.6 is 15.9 Å². The fourth-order valence-electron chi connectivity index (χ4n) is 1.56. The van der Waals surface area contributed by atoms with E-state index in [4.69, 9.17) is 5.11 Å². The van der Waals surface area contributed by atoms with Crippen LogP contribution in [0, 0.1) is 0 Å². The number of ketones is 1. The van der Waals surface area contributed by atoms with Gasteiger partial charge in [-0.3, -0.25) is 4.79 Å². The Morgan fingerprint density at radius 2 is 1.94 bits per heavy atom. The van der Waals surface area contributed by atoms with Crippen LogP contribution < -0.4 is 5.32 Å². The van der Waals surface area contributed by atoms with Crippen molar-refractivity contribution in [3.63, 3.8) is 0 Å². The summed E-state index contributed by atoms with van der Waals surface area (Å²) in [5, 5.41) is 12.3. The van der Waals surface area contributed by atoms with Crippen molar-refractivity contribution in [1.29, 1.82) is 0 Å². The number of hydrogen-bond acceptors (Lipinski definition) is 3. The van der Waals surface area contributed by atoms with Crippen molar-refractivity contribution in [3.8, 4) is 0 Å². The average molecular weight is 300 g/mol. The lowest BCUT2D eigenvalue weighted by molar-refractivity contribution is 0.0911. The van der Waals surface area contributed by atoms with E-state index in [1.165, 1.54) is 0 Å². The first-order valence-corrected chi connectivity index (χ1v) is 6.33. The summed E-state index contributed by atoms with van der Waals surface area (Å²) in [4.78, 5) is 12.1. The summed E-state index contributed by atoms with van der Waals surface area (Å²) >= 11 is 3.33. The van der Waals surface area contributed by atoms with E-state index in [0.717, 1.165) is 4.47 Å². The molecule has 4 heteroatoms. The third kappa shape index (κ3) is 4.22. The first-order chi connectivity index (χ1) is 7.85. The number of hydrogen-bond donors (Lipinski definition) is 2. The Labute approximate surface area is 110 Å². The van der Waals surface area contributed by atoms with Crippen LogP contribution in [-0.4, -0.2) is 29.1 Å². The Bertz CT molecular complexity index is 387. The molecular weight excluding hydrogens is 282 g/mol. The second kappa shape index (κ2) is 5.76. The van der Waals surface area contributed by atoms with Gasteiger partial charge in [0.1, 0.15) is 0 Å². The molecule has 0 aliphatic carbocycles. The maximum absolute atomic E-state index is 12.1. The summed E-state index contributed by atoms with van der Waals surface area (Å²) in [6.45, 7) is 5.52. The lowest BCUT2D eigenvalue weighted by Crippen LogP contribution is -2.50. The SMILES string of the molecule is CC(NC(C)(C)CO)C(=O)c1ccc(Br)cc1.